The highest BCUT2D eigenvalue weighted by Crippen LogP contribution is 2.24. The Morgan fingerprint density at radius 1 is 1.24 bits per heavy atom. The molecule has 1 saturated heterocycles. The molecule has 1 amide bonds. The van der Waals surface area contributed by atoms with Gasteiger partial charge in [-0.2, -0.15) is 9.57 Å². The molecule has 2 aromatic rings. The van der Waals surface area contributed by atoms with Gasteiger partial charge in [0.15, 0.2) is 0 Å². The largest absolute Gasteiger partial charge is 0.370 e. The van der Waals surface area contributed by atoms with Crippen LogP contribution in [0.2, 0.25) is 0 Å². The van der Waals surface area contributed by atoms with Gasteiger partial charge in [0.2, 0.25) is 15.9 Å². The average Bonchev–Trinajstić information content (AvgIpc) is 2.74. The van der Waals surface area contributed by atoms with E-state index in [1.54, 1.807) is 4.90 Å². The fourth-order valence-electron chi connectivity index (χ4n) is 3.01. The second kappa shape index (κ2) is 9.05. The third kappa shape index (κ3) is 5.03. The molecule has 1 atom stereocenters. The number of sulfonamides is 1. The molecular formula is C20H20BrN3O4S. The van der Waals surface area contributed by atoms with Gasteiger partial charge in [0.1, 0.15) is 6.10 Å². The van der Waals surface area contributed by atoms with Gasteiger partial charge < -0.3 is 9.64 Å². The topological polar surface area (TPSA) is 90.7 Å². The van der Waals surface area contributed by atoms with Crippen LogP contribution in [0.3, 0.4) is 0 Å². The van der Waals surface area contributed by atoms with Crippen molar-refractivity contribution in [1.29, 1.82) is 5.26 Å². The Hall–Kier alpha value is -2.25. The number of halogens is 1. The molecule has 9 heteroatoms. The molecule has 0 spiro atoms. The summed E-state index contributed by atoms with van der Waals surface area (Å²) in [6, 6.07) is 15.3. The van der Waals surface area contributed by atoms with E-state index in [-0.39, 0.29) is 23.5 Å². The first-order chi connectivity index (χ1) is 13.8. The molecule has 152 valence electrons. The monoisotopic (exact) mass is 477 g/mol. The number of nitrogens with zero attached hydrogens (tertiary/aromatic N) is 3. The minimum absolute atomic E-state index is 0.0431. The minimum atomic E-state index is -3.83. The third-order valence-corrected chi connectivity index (χ3v) is 7.06. The van der Waals surface area contributed by atoms with E-state index in [1.807, 2.05) is 30.3 Å². The predicted molar refractivity (Wildman–Crippen MR) is 110 cm³/mol. The SMILES string of the molecule is CN(CC(=O)N1CCOC(c2ccc(Br)cc2)C1)S(=O)(=O)c1ccc(C#N)cc1. The molecular weight excluding hydrogens is 458 g/mol. The Morgan fingerprint density at radius 3 is 2.52 bits per heavy atom. The lowest BCUT2D eigenvalue weighted by molar-refractivity contribution is -0.139. The van der Waals surface area contributed by atoms with Crippen LogP contribution in [0.15, 0.2) is 57.9 Å². The Bertz CT molecular complexity index is 1020. The van der Waals surface area contributed by atoms with Crippen molar-refractivity contribution in [3.63, 3.8) is 0 Å². The normalized spacial score (nSPS) is 17.2. The zero-order valence-electron chi connectivity index (χ0n) is 15.8. The van der Waals surface area contributed by atoms with Crippen LogP contribution in [-0.2, 0) is 19.6 Å². The maximum atomic E-state index is 12.7. The summed E-state index contributed by atoms with van der Waals surface area (Å²) in [4.78, 5) is 14.4. The zero-order chi connectivity index (χ0) is 21.0. The van der Waals surface area contributed by atoms with Gasteiger partial charge in [0, 0.05) is 18.1 Å². The second-order valence-corrected chi connectivity index (χ2v) is 9.61. The maximum absolute atomic E-state index is 12.7. The molecule has 0 bridgehead atoms. The highest BCUT2D eigenvalue weighted by molar-refractivity contribution is 9.10. The molecule has 0 aromatic heterocycles. The number of nitriles is 1. The molecule has 0 saturated carbocycles. The molecule has 1 unspecified atom stereocenters. The molecule has 29 heavy (non-hydrogen) atoms. The lowest BCUT2D eigenvalue weighted by Gasteiger charge is -2.34. The quantitative estimate of drug-likeness (QED) is 0.659. The van der Waals surface area contributed by atoms with Crippen LogP contribution >= 0.6 is 15.9 Å². The van der Waals surface area contributed by atoms with Gasteiger partial charge in [0.25, 0.3) is 0 Å². The summed E-state index contributed by atoms with van der Waals surface area (Å²) in [6.45, 7) is 0.899. The van der Waals surface area contributed by atoms with Crippen LogP contribution in [0.25, 0.3) is 0 Å². The van der Waals surface area contributed by atoms with Crippen LogP contribution in [0, 0.1) is 11.3 Å². The Kier molecular flexibility index (Phi) is 6.70. The van der Waals surface area contributed by atoms with E-state index >= 15 is 0 Å². The molecule has 0 N–H and O–H groups in total. The van der Waals surface area contributed by atoms with Crippen molar-refractivity contribution in [3.8, 4) is 6.07 Å². The van der Waals surface area contributed by atoms with Crippen LogP contribution in [-0.4, -0.2) is 56.8 Å². The van der Waals surface area contributed by atoms with Gasteiger partial charge in [0.05, 0.1) is 36.2 Å². The van der Waals surface area contributed by atoms with Gasteiger partial charge >= 0.3 is 0 Å². The van der Waals surface area contributed by atoms with Gasteiger partial charge in [-0.25, -0.2) is 8.42 Å². The van der Waals surface area contributed by atoms with Crippen molar-refractivity contribution in [3.05, 3.63) is 64.1 Å². The van der Waals surface area contributed by atoms with Crippen molar-refractivity contribution in [2.75, 3.05) is 33.3 Å². The number of ether oxygens (including phenoxy) is 1. The summed E-state index contributed by atoms with van der Waals surface area (Å²) < 4.78 is 33.2. The van der Waals surface area contributed by atoms with Crippen LogP contribution in [0.5, 0.6) is 0 Å². The van der Waals surface area contributed by atoms with E-state index in [0.717, 1.165) is 14.3 Å². The number of hydrogen-bond acceptors (Lipinski definition) is 5. The van der Waals surface area contributed by atoms with Crippen LogP contribution in [0.4, 0.5) is 0 Å². The first-order valence-corrected chi connectivity index (χ1v) is 11.2. The summed E-state index contributed by atoms with van der Waals surface area (Å²) in [5.41, 5.74) is 1.33. The molecule has 1 fully saturated rings. The number of carbonyl (C=O) groups is 1. The number of likely N-dealkylation sites (N-methyl/N-ethyl adjacent to an activating group) is 1. The number of benzene rings is 2. The minimum Gasteiger partial charge on any atom is -0.370 e. The number of amides is 1. The Balaban J connectivity index is 1.66. The molecule has 2 aromatic carbocycles. The van der Waals surface area contributed by atoms with Crippen molar-refractivity contribution < 1.29 is 17.9 Å². The predicted octanol–water partition coefficient (Wildman–Crippen LogP) is 2.54. The maximum Gasteiger partial charge on any atom is 0.243 e. The fraction of sp³-hybridized carbons (Fsp3) is 0.300. The van der Waals surface area contributed by atoms with E-state index < -0.39 is 10.0 Å². The van der Waals surface area contributed by atoms with Crippen molar-refractivity contribution in [1.82, 2.24) is 9.21 Å². The van der Waals surface area contributed by atoms with Crippen molar-refractivity contribution >= 4 is 31.9 Å². The first kappa shape index (κ1) is 21.5. The van der Waals surface area contributed by atoms with Crippen LogP contribution < -0.4 is 0 Å². The highest BCUT2D eigenvalue weighted by atomic mass is 79.9. The standard InChI is InChI=1S/C20H20BrN3O4S/c1-23(29(26,27)18-8-2-15(12-22)3-9-18)14-20(25)24-10-11-28-19(13-24)16-4-6-17(21)7-5-16/h2-9,19H,10-11,13-14H2,1H3. The highest BCUT2D eigenvalue weighted by Gasteiger charge is 2.29. The molecule has 0 radical (unpaired) electrons. The first-order valence-electron chi connectivity index (χ1n) is 8.92. The van der Waals surface area contributed by atoms with Crippen molar-refractivity contribution in [2.24, 2.45) is 0 Å². The van der Waals surface area contributed by atoms with Crippen molar-refractivity contribution in [2.45, 2.75) is 11.0 Å². The second-order valence-electron chi connectivity index (χ2n) is 6.65. The average molecular weight is 478 g/mol. The lowest BCUT2D eigenvalue weighted by atomic mass is 10.1. The molecule has 1 aliphatic rings. The van der Waals surface area contributed by atoms with E-state index in [1.165, 1.54) is 31.3 Å². The van der Waals surface area contributed by atoms with Gasteiger partial charge in [-0.1, -0.05) is 28.1 Å². The molecule has 1 heterocycles. The molecule has 1 aliphatic heterocycles. The Labute approximate surface area is 178 Å². The lowest BCUT2D eigenvalue weighted by Crippen LogP contribution is -2.47. The summed E-state index contributed by atoms with van der Waals surface area (Å²) in [5, 5.41) is 8.85. The summed E-state index contributed by atoms with van der Waals surface area (Å²) >= 11 is 3.39. The fourth-order valence-corrected chi connectivity index (χ4v) is 4.40. The van der Waals surface area contributed by atoms with E-state index in [4.69, 9.17) is 10.00 Å². The summed E-state index contributed by atoms with van der Waals surface area (Å²) in [6.07, 6.45) is -0.249. The van der Waals surface area contributed by atoms with Gasteiger partial charge in [-0.3, -0.25) is 4.79 Å². The molecule has 7 nitrogen and oxygen atoms in total. The Morgan fingerprint density at radius 2 is 1.90 bits per heavy atom. The number of morpholine rings is 1. The van der Waals surface area contributed by atoms with Gasteiger partial charge in [-0.15, -0.1) is 0 Å². The zero-order valence-corrected chi connectivity index (χ0v) is 18.2. The summed E-state index contributed by atoms with van der Waals surface area (Å²) in [7, 11) is -2.46. The number of rotatable bonds is 5. The number of carbonyl (C=O) groups excluding carboxylic acids is 1. The molecule has 3 rings (SSSR count). The smallest absolute Gasteiger partial charge is 0.243 e. The van der Waals surface area contributed by atoms with E-state index in [0.29, 0.717) is 25.3 Å². The third-order valence-electron chi connectivity index (χ3n) is 4.71. The van der Waals surface area contributed by atoms with Gasteiger partial charge in [-0.05, 0) is 42.0 Å². The van der Waals surface area contributed by atoms with E-state index in [2.05, 4.69) is 15.9 Å². The summed E-state index contributed by atoms with van der Waals surface area (Å²) in [5.74, 6) is -0.282. The molecule has 0 aliphatic carbocycles. The number of hydrogen-bond donors (Lipinski definition) is 0. The van der Waals surface area contributed by atoms with E-state index in [9.17, 15) is 13.2 Å². The van der Waals surface area contributed by atoms with Crippen LogP contribution in [0.1, 0.15) is 17.2 Å².